The number of benzene rings is 1. The number of phenols is 1. The molecule has 0 aliphatic carbocycles. The van der Waals surface area contributed by atoms with Gasteiger partial charge in [0, 0.05) is 5.56 Å². The monoisotopic (exact) mass is 930 g/mol. The number of aromatic hydroxyl groups is 1. The molecule has 0 saturated heterocycles. The fourth-order valence-electron chi connectivity index (χ4n) is 3.66. The highest BCUT2D eigenvalue weighted by Gasteiger charge is 2.97. The van der Waals surface area contributed by atoms with Crippen LogP contribution in [0.2, 0.25) is 0 Å². The van der Waals surface area contributed by atoms with Crippen LogP contribution < -0.4 is 0 Å². The van der Waals surface area contributed by atoms with E-state index in [2.05, 4.69) is 0 Å². The maximum atomic E-state index is 14.6. The molecule has 1 nitrogen and oxygen atoms in total. The summed E-state index contributed by atoms with van der Waals surface area (Å²) in [6.45, 7) is 0. The van der Waals surface area contributed by atoms with Gasteiger partial charge in [-0.25, -0.2) is 0 Å². The quantitative estimate of drug-likeness (QED) is 0.184. The summed E-state index contributed by atoms with van der Waals surface area (Å²) in [5.74, 6) is -129. The van der Waals surface area contributed by atoms with Crippen molar-refractivity contribution in [2.75, 3.05) is 0 Å². The predicted molar refractivity (Wildman–Crippen MR) is 107 cm³/mol. The molecule has 35 heteroatoms. The van der Waals surface area contributed by atoms with Crippen LogP contribution >= 0.6 is 0 Å². The summed E-state index contributed by atoms with van der Waals surface area (Å²) in [6.07, 6.45) is -16.5. The maximum absolute atomic E-state index is 14.6. The molecular weight excluding hydrogens is 926 g/mol. The van der Waals surface area contributed by atoms with Gasteiger partial charge in [-0.2, -0.15) is 149 Å². The summed E-state index contributed by atoms with van der Waals surface area (Å²) in [7, 11) is 0. The van der Waals surface area contributed by atoms with Gasteiger partial charge in [-0.15, -0.1) is 0 Å². The molecule has 1 aromatic carbocycles. The van der Waals surface area contributed by atoms with Crippen molar-refractivity contribution in [2.45, 2.75) is 95.3 Å². The van der Waals surface area contributed by atoms with E-state index in [0.717, 1.165) is 0 Å². The van der Waals surface area contributed by atoms with E-state index in [1.54, 1.807) is 0 Å². The van der Waals surface area contributed by atoms with Gasteiger partial charge in [-0.1, -0.05) is 0 Å². The summed E-state index contributed by atoms with van der Waals surface area (Å²) in [4.78, 5) is 0. The normalized spacial score (nSPS) is 16.7. The van der Waals surface area contributed by atoms with Crippen LogP contribution in [0.4, 0.5) is 149 Å². The summed E-state index contributed by atoms with van der Waals surface area (Å²) in [6, 6.07) is -5.40. The third kappa shape index (κ3) is 6.19. The molecule has 1 rings (SSSR count). The minimum atomic E-state index is -9.43. The van der Waals surface area contributed by atoms with Crippen LogP contribution in [-0.4, -0.2) is 88.5 Å². The van der Waals surface area contributed by atoms with Gasteiger partial charge in [-0.05, 0) is 18.2 Å². The first-order valence-corrected chi connectivity index (χ1v) is 12.4. The molecule has 1 N–H and O–H groups in total. The minimum absolute atomic E-state index is 1.47. The maximum Gasteiger partial charge on any atom is 0.460 e. The Morgan fingerprint density at radius 3 is 0.719 bits per heavy atom. The van der Waals surface area contributed by atoms with Crippen molar-refractivity contribution in [3.63, 3.8) is 0 Å². The molecule has 0 heterocycles. The van der Waals surface area contributed by atoms with Gasteiger partial charge >= 0.3 is 95.3 Å². The Bertz CT molecular complexity index is 1640. The summed E-state index contributed by atoms with van der Waals surface area (Å²) < 4.78 is 459. The third-order valence-corrected chi connectivity index (χ3v) is 7.14. The van der Waals surface area contributed by atoms with Crippen LogP contribution in [0, 0.1) is 0 Å². The van der Waals surface area contributed by atoms with Gasteiger partial charge in [0.05, 0.1) is 5.56 Å². The van der Waals surface area contributed by atoms with Crippen molar-refractivity contribution in [2.24, 2.45) is 0 Å². The predicted octanol–water partition coefficient (Wildman–Crippen LogP) is 12.3. The van der Waals surface area contributed by atoms with Crippen LogP contribution in [-0.2, 0) is 11.8 Å². The summed E-state index contributed by atoms with van der Waals surface area (Å²) in [5, 5.41) is 9.20. The van der Waals surface area contributed by atoms with Gasteiger partial charge in [0.25, 0.3) is 0 Å². The van der Waals surface area contributed by atoms with Crippen molar-refractivity contribution < 1.29 is 154 Å². The molecule has 0 aliphatic heterocycles. The van der Waals surface area contributed by atoms with Crippen molar-refractivity contribution in [1.82, 2.24) is 0 Å². The molecule has 0 bridgehead atoms. The third-order valence-electron chi connectivity index (χ3n) is 7.14. The van der Waals surface area contributed by atoms with E-state index in [4.69, 9.17) is 0 Å². The van der Waals surface area contributed by atoms with Gasteiger partial charge in [0.1, 0.15) is 5.75 Å². The molecule has 0 spiro atoms. The summed E-state index contributed by atoms with van der Waals surface area (Å²) >= 11 is 0. The van der Waals surface area contributed by atoms with Gasteiger partial charge in [0.2, 0.25) is 0 Å². The van der Waals surface area contributed by atoms with Gasteiger partial charge in [-0.3, -0.25) is 0 Å². The molecule has 0 aliphatic rings. The average Bonchev–Trinajstić information content (AvgIpc) is 2.98. The van der Waals surface area contributed by atoms with E-state index in [0.29, 0.717) is 0 Å². The van der Waals surface area contributed by atoms with Crippen LogP contribution in [0.15, 0.2) is 18.2 Å². The Morgan fingerprint density at radius 2 is 0.474 bits per heavy atom. The Labute approximate surface area is 286 Å². The molecule has 1 aromatic rings. The lowest BCUT2D eigenvalue weighted by Gasteiger charge is -2.43. The Hall–Kier alpha value is -3.36. The fraction of sp³-hybridized carbons (Fsp3) is 0.727. The average molecular weight is 930 g/mol. The topological polar surface area (TPSA) is 20.2 Å². The molecular formula is C22H4F34O. The van der Waals surface area contributed by atoms with Crippen molar-refractivity contribution >= 4 is 0 Å². The number of phenolic OH excluding ortho intramolecular Hbond substituents is 1. The zero-order valence-corrected chi connectivity index (χ0v) is 24.5. The molecule has 0 aromatic heterocycles. The van der Waals surface area contributed by atoms with E-state index in [9.17, 15) is 154 Å². The standard InChI is InChI=1S/C22H4F34O/c23-7(24,9(27,28)11(31,32)13(35,36)15(39,40)17(43,44)19(47,48)21(51,52)53)4-1-2-6(57)5(3-4)8(25,26)10(29,30)12(33,34)14(37,38)16(41,42)18(45,46)20(49,50)22(54,55)56/h1-3,57H. The zero-order chi connectivity index (χ0) is 46.9. The van der Waals surface area contributed by atoms with Gasteiger partial charge in [0.15, 0.2) is 0 Å². The van der Waals surface area contributed by atoms with Crippen LogP contribution in [0.25, 0.3) is 0 Å². The summed E-state index contributed by atoms with van der Waals surface area (Å²) in [5.41, 5.74) is -8.44. The van der Waals surface area contributed by atoms with E-state index >= 15 is 0 Å². The Balaban J connectivity index is 4.10. The van der Waals surface area contributed by atoms with Crippen LogP contribution in [0.3, 0.4) is 0 Å². The highest BCUT2D eigenvalue weighted by Crippen LogP contribution is 2.68. The lowest BCUT2D eigenvalue weighted by Crippen LogP contribution is -2.74. The molecule has 0 unspecified atom stereocenters. The van der Waals surface area contributed by atoms with Crippen molar-refractivity contribution in [3.05, 3.63) is 29.3 Å². The second-order valence-electron chi connectivity index (χ2n) is 10.8. The highest BCUT2D eigenvalue weighted by atomic mass is 19.4. The van der Waals surface area contributed by atoms with E-state index in [1.807, 2.05) is 0 Å². The molecule has 0 atom stereocenters. The van der Waals surface area contributed by atoms with Crippen LogP contribution in [0.5, 0.6) is 5.75 Å². The lowest BCUT2D eigenvalue weighted by molar-refractivity contribution is -0.463. The zero-order valence-electron chi connectivity index (χ0n) is 24.5. The second-order valence-corrected chi connectivity index (χ2v) is 10.8. The first kappa shape index (κ1) is 51.7. The minimum Gasteiger partial charge on any atom is -0.507 e. The largest absolute Gasteiger partial charge is 0.507 e. The molecule has 0 saturated carbocycles. The van der Waals surface area contributed by atoms with E-state index < -0.39 is 130 Å². The number of rotatable bonds is 14. The molecule has 0 amide bonds. The second kappa shape index (κ2) is 12.8. The number of hydrogen-bond acceptors (Lipinski definition) is 1. The Morgan fingerprint density at radius 1 is 0.263 bits per heavy atom. The Kier molecular flexibility index (Phi) is 11.6. The first-order valence-electron chi connectivity index (χ1n) is 12.4. The molecule has 0 radical (unpaired) electrons. The first-order chi connectivity index (χ1) is 24.1. The SMILES string of the molecule is Oc1ccc(C(F)(F)C(F)(F)C(F)(F)C(F)(F)C(F)(F)C(F)(F)C(F)(F)C(F)(F)F)cc1C(F)(F)C(F)(F)C(F)(F)C(F)(F)C(F)(F)C(F)(F)C(F)(F)C(F)(F)F. The molecule has 0 fully saturated rings. The van der Waals surface area contributed by atoms with Crippen molar-refractivity contribution in [1.29, 1.82) is 0 Å². The van der Waals surface area contributed by atoms with Crippen LogP contribution in [0.1, 0.15) is 11.1 Å². The van der Waals surface area contributed by atoms with Crippen molar-refractivity contribution in [3.8, 4) is 5.75 Å². The number of halogens is 34. The van der Waals surface area contributed by atoms with E-state index in [-0.39, 0.29) is 0 Å². The smallest absolute Gasteiger partial charge is 0.460 e. The highest BCUT2D eigenvalue weighted by molar-refractivity contribution is 5.43. The lowest BCUT2D eigenvalue weighted by atomic mass is 9.85. The molecule has 336 valence electrons. The fourth-order valence-corrected chi connectivity index (χ4v) is 3.66. The number of hydrogen-bond donors (Lipinski definition) is 1. The molecule has 57 heavy (non-hydrogen) atoms. The van der Waals surface area contributed by atoms with Gasteiger partial charge < -0.3 is 5.11 Å². The van der Waals surface area contributed by atoms with E-state index in [1.165, 1.54) is 0 Å². The number of alkyl halides is 34.